The van der Waals surface area contributed by atoms with Crippen molar-refractivity contribution in [1.29, 1.82) is 0 Å². The van der Waals surface area contributed by atoms with E-state index in [0.29, 0.717) is 11.1 Å². The Morgan fingerprint density at radius 1 is 1.17 bits per heavy atom. The van der Waals surface area contributed by atoms with Crippen molar-refractivity contribution in [3.05, 3.63) is 75.4 Å². The van der Waals surface area contributed by atoms with Gasteiger partial charge in [0.2, 0.25) is 0 Å². The van der Waals surface area contributed by atoms with Gasteiger partial charge in [0.1, 0.15) is 17.1 Å². The van der Waals surface area contributed by atoms with Gasteiger partial charge < -0.3 is 14.6 Å². The van der Waals surface area contributed by atoms with E-state index >= 15 is 0 Å². The van der Waals surface area contributed by atoms with Gasteiger partial charge in [-0.2, -0.15) is 0 Å². The lowest BCUT2D eigenvalue weighted by molar-refractivity contribution is 0.0689. The van der Waals surface area contributed by atoms with Crippen LogP contribution >= 0.6 is 0 Å². The molecule has 0 aliphatic heterocycles. The largest absolute Gasteiger partial charge is 0.506 e. The predicted molar refractivity (Wildman–Crippen MR) is 80.3 cm³/mol. The minimum absolute atomic E-state index is 0.0646. The van der Waals surface area contributed by atoms with Crippen LogP contribution in [0.15, 0.2) is 51.7 Å². The fraction of sp³-hybridized carbons (Fsp3) is 0.0588. The number of hydrogen-bond acceptors (Lipinski definition) is 4. The number of hydrogen-bond donors (Lipinski definition) is 2. The Morgan fingerprint density at radius 3 is 2.61 bits per heavy atom. The molecule has 3 aromatic rings. The SMILES string of the molecule is O=C(O)c1c(O)c2cc(Cc3ccccc3F)ccc2oc1=O. The van der Waals surface area contributed by atoms with Crippen molar-refractivity contribution >= 4 is 16.9 Å². The molecule has 0 amide bonds. The van der Waals surface area contributed by atoms with Crippen LogP contribution in [0.4, 0.5) is 4.39 Å². The van der Waals surface area contributed by atoms with E-state index in [1.807, 2.05) is 0 Å². The summed E-state index contributed by atoms with van der Waals surface area (Å²) in [4.78, 5) is 22.6. The Labute approximate surface area is 129 Å². The molecule has 0 spiro atoms. The molecular weight excluding hydrogens is 303 g/mol. The fourth-order valence-corrected chi connectivity index (χ4v) is 2.39. The zero-order chi connectivity index (χ0) is 16.6. The first kappa shape index (κ1) is 14.8. The van der Waals surface area contributed by atoms with Crippen molar-refractivity contribution in [3.63, 3.8) is 0 Å². The van der Waals surface area contributed by atoms with Crippen LogP contribution < -0.4 is 5.63 Å². The number of carboxylic acids is 1. The molecule has 3 rings (SSSR count). The second-order valence-corrected chi connectivity index (χ2v) is 5.02. The molecule has 5 nitrogen and oxygen atoms in total. The van der Waals surface area contributed by atoms with Gasteiger partial charge in [-0.25, -0.2) is 14.0 Å². The van der Waals surface area contributed by atoms with Crippen molar-refractivity contribution in [3.8, 4) is 5.75 Å². The minimum atomic E-state index is -1.57. The van der Waals surface area contributed by atoms with Gasteiger partial charge in [-0.15, -0.1) is 0 Å². The molecule has 0 bridgehead atoms. The van der Waals surface area contributed by atoms with E-state index in [9.17, 15) is 19.1 Å². The number of aromatic hydroxyl groups is 1. The third-order valence-electron chi connectivity index (χ3n) is 3.51. The van der Waals surface area contributed by atoms with Gasteiger partial charge in [0.15, 0.2) is 5.56 Å². The van der Waals surface area contributed by atoms with E-state index in [2.05, 4.69) is 0 Å². The highest BCUT2D eigenvalue weighted by atomic mass is 19.1. The van der Waals surface area contributed by atoms with Gasteiger partial charge in [-0.1, -0.05) is 24.3 Å². The van der Waals surface area contributed by atoms with Crippen LogP contribution in [-0.4, -0.2) is 16.2 Å². The smallest absolute Gasteiger partial charge is 0.354 e. The van der Waals surface area contributed by atoms with Gasteiger partial charge in [0.05, 0.1) is 5.39 Å². The Kier molecular flexibility index (Phi) is 3.57. The van der Waals surface area contributed by atoms with Crippen LogP contribution in [0, 0.1) is 5.82 Å². The summed E-state index contributed by atoms with van der Waals surface area (Å²) in [5.41, 5.74) is -0.773. The molecule has 1 aromatic heterocycles. The maximum absolute atomic E-state index is 13.7. The van der Waals surface area contributed by atoms with Crippen LogP contribution in [0.5, 0.6) is 5.75 Å². The molecule has 116 valence electrons. The topological polar surface area (TPSA) is 87.7 Å². The summed E-state index contributed by atoms with van der Waals surface area (Å²) in [5, 5.41) is 19.1. The number of aromatic carboxylic acids is 1. The molecule has 0 aliphatic carbocycles. The highest BCUT2D eigenvalue weighted by Crippen LogP contribution is 2.28. The van der Waals surface area contributed by atoms with E-state index in [0.717, 1.165) is 0 Å². The van der Waals surface area contributed by atoms with Crippen LogP contribution in [-0.2, 0) is 6.42 Å². The quantitative estimate of drug-likeness (QED) is 0.726. The second-order valence-electron chi connectivity index (χ2n) is 5.02. The maximum atomic E-state index is 13.7. The minimum Gasteiger partial charge on any atom is -0.506 e. The molecule has 0 saturated carbocycles. The number of benzene rings is 2. The number of carboxylic acid groups (broad SMARTS) is 1. The molecule has 1 heterocycles. The lowest BCUT2D eigenvalue weighted by Gasteiger charge is -2.07. The average molecular weight is 314 g/mol. The predicted octanol–water partition coefficient (Wildman–Crippen LogP) is 2.93. The molecule has 0 aliphatic rings. The fourth-order valence-electron chi connectivity index (χ4n) is 2.39. The van der Waals surface area contributed by atoms with E-state index in [1.165, 1.54) is 18.2 Å². The van der Waals surface area contributed by atoms with E-state index < -0.39 is 22.9 Å². The van der Waals surface area contributed by atoms with Crippen molar-refractivity contribution < 1.29 is 23.8 Å². The lowest BCUT2D eigenvalue weighted by atomic mass is 10.0. The Bertz CT molecular complexity index is 974. The summed E-state index contributed by atoms with van der Waals surface area (Å²) in [6, 6.07) is 10.8. The lowest BCUT2D eigenvalue weighted by Crippen LogP contribution is -2.13. The summed E-state index contributed by atoms with van der Waals surface area (Å²) in [6.45, 7) is 0. The van der Waals surface area contributed by atoms with Gasteiger partial charge in [-0.3, -0.25) is 0 Å². The molecule has 0 unspecified atom stereocenters. The molecular formula is C17H11FO5. The van der Waals surface area contributed by atoms with Crippen molar-refractivity contribution in [2.75, 3.05) is 0 Å². The van der Waals surface area contributed by atoms with E-state index in [1.54, 1.807) is 24.3 Å². The van der Waals surface area contributed by atoms with E-state index in [4.69, 9.17) is 9.52 Å². The zero-order valence-corrected chi connectivity index (χ0v) is 11.7. The number of rotatable bonds is 3. The molecule has 0 saturated heterocycles. The number of halogens is 1. The van der Waals surface area contributed by atoms with Gasteiger partial charge >= 0.3 is 11.6 Å². The summed E-state index contributed by atoms with van der Waals surface area (Å²) in [5.74, 6) is -2.58. The summed E-state index contributed by atoms with van der Waals surface area (Å²) < 4.78 is 18.6. The second kappa shape index (κ2) is 5.57. The van der Waals surface area contributed by atoms with Crippen molar-refractivity contribution in [1.82, 2.24) is 0 Å². The first-order chi connectivity index (χ1) is 11.0. The van der Waals surface area contributed by atoms with Gasteiger partial charge in [-0.05, 0) is 29.3 Å². The van der Waals surface area contributed by atoms with Crippen molar-refractivity contribution in [2.45, 2.75) is 6.42 Å². The Morgan fingerprint density at radius 2 is 1.91 bits per heavy atom. The number of carbonyl (C=O) groups is 1. The third kappa shape index (κ3) is 2.66. The standard InChI is InChI=1S/C17H11FO5/c18-12-4-2-1-3-10(12)7-9-5-6-13-11(8-9)15(19)14(16(20)21)17(22)23-13/h1-6,8,19H,7H2,(H,20,21). The molecule has 2 aromatic carbocycles. The van der Waals surface area contributed by atoms with E-state index in [-0.39, 0.29) is 23.2 Å². The molecule has 6 heteroatoms. The first-order valence-corrected chi connectivity index (χ1v) is 6.73. The maximum Gasteiger partial charge on any atom is 0.354 e. The van der Waals surface area contributed by atoms with Crippen LogP contribution in [0.2, 0.25) is 0 Å². The van der Waals surface area contributed by atoms with Crippen LogP contribution in [0.25, 0.3) is 11.0 Å². The highest BCUT2D eigenvalue weighted by Gasteiger charge is 2.20. The molecule has 0 atom stereocenters. The van der Waals surface area contributed by atoms with Gasteiger partial charge in [0.25, 0.3) is 0 Å². The number of fused-ring (bicyclic) bond motifs is 1. The Balaban J connectivity index is 2.13. The summed E-state index contributed by atoms with van der Waals surface area (Å²) in [6.07, 6.45) is 0.254. The molecule has 0 fully saturated rings. The Hall–Kier alpha value is -3.15. The first-order valence-electron chi connectivity index (χ1n) is 6.73. The van der Waals surface area contributed by atoms with Crippen LogP contribution in [0.1, 0.15) is 21.5 Å². The molecule has 23 heavy (non-hydrogen) atoms. The highest BCUT2D eigenvalue weighted by molar-refractivity contribution is 5.97. The summed E-state index contributed by atoms with van der Waals surface area (Å²) >= 11 is 0. The van der Waals surface area contributed by atoms with Crippen LogP contribution in [0.3, 0.4) is 0 Å². The summed E-state index contributed by atoms with van der Waals surface area (Å²) in [7, 11) is 0. The zero-order valence-electron chi connectivity index (χ0n) is 11.7. The normalized spacial score (nSPS) is 10.8. The molecule has 0 radical (unpaired) electrons. The van der Waals surface area contributed by atoms with Crippen molar-refractivity contribution in [2.24, 2.45) is 0 Å². The van der Waals surface area contributed by atoms with Gasteiger partial charge in [0, 0.05) is 6.42 Å². The average Bonchev–Trinajstić information content (AvgIpc) is 2.50. The third-order valence-corrected chi connectivity index (χ3v) is 3.51. The monoisotopic (exact) mass is 314 g/mol. The molecule has 2 N–H and O–H groups in total.